The number of morpholine rings is 1. The molecule has 0 aliphatic carbocycles. The maximum absolute atomic E-state index is 5.49. The summed E-state index contributed by atoms with van der Waals surface area (Å²) in [4.78, 5) is 6.88. The highest BCUT2D eigenvalue weighted by molar-refractivity contribution is 5.79. The van der Waals surface area contributed by atoms with Crippen LogP contribution in [0.4, 0.5) is 0 Å². The molecule has 158 valence electrons. The predicted octanol–water partition coefficient (Wildman–Crippen LogP) is 1.77. The van der Waals surface area contributed by atoms with E-state index >= 15 is 0 Å². The van der Waals surface area contributed by atoms with Crippen molar-refractivity contribution in [1.29, 1.82) is 0 Å². The molecule has 0 bridgehead atoms. The number of nitrogens with zero attached hydrogens (tertiary/aromatic N) is 2. The molecule has 2 N–H and O–H groups in total. The number of rotatable bonds is 9. The molecule has 1 aliphatic rings. The number of nitrogens with one attached hydrogen (secondary N) is 2. The van der Waals surface area contributed by atoms with Gasteiger partial charge in [-0.2, -0.15) is 0 Å². The van der Waals surface area contributed by atoms with E-state index in [2.05, 4.69) is 40.4 Å². The SMILES string of the molecule is CN=C(NCCc1ccc(OC)c(OC)c1)NCC(C(C)C)N1CCOCC1. The first kappa shape index (κ1) is 22.3. The Hall–Kier alpha value is -1.99. The lowest BCUT2D eigenvalue weighted by Crippen LogP contribution is -2.52. The van der Waals surface area contributed by atoms with Crippen molar-refractivity contribution in [1.82, 2.24) is 15.5 Å². The smallest absolute Gasteiger partial charge is 0.191 e. The fourth-order valence-electron chi connectivity index (χ4n) is 3.48. The Labute approximate surface area is 169 Å². The third-order valence-electron chi connectivity index (χ3n) is 5.14. The average molecular weight is 393 g/mol. The van der Waals surface area contributed by atoms with Gasteiger partial charge in [-0.1, -0.05) is 19.9 Å². The van der Waals surface area contributed by atoms with Crippen LogP contribution in [0.15, 0.2) is 23.2 Å². The van der Waals surface area contributed by atoms with E-state index < -0.39 is 0 Å². The van der Waals surface area contributed by atoms with Gasteiger partial charge in [0.2, 0.25) is 0 Å². The van der Waals surface area contributed by atoms with E-state index in [-0.39, 0.29) is 0 Å². The maximum atomic E-state index is 5.49. The van der Waals surface area contributed by atoms with Gasteiger partial charge in [-0.05, 0) is 30.0 Å². The third-order valence-corrected chi connectivity index (χ3v) is 5.14. The van der Waals surface area contributed by atoms with Gasteiger partial charge in [0.05, 0.1) is 27.4 Å². The minimum Gasteiger partial charge on any atom is -0.493 e. The minimum absolute atomic E-state index is 0.466. The Balaban J connectivity index is 1.82. The molecule has 0 aromatic heterocycles. The molecule has 0 spiro atoms. The lowest BCUT2D eigenvalue weighted by atomic mass is 10.0. The summed E-state index contributed by atoms with van der Waals surface area (Å²) in [5, 5.41) is 6.89. The third kappa shape index (κ3) is 6.56. The van der Waals surface area contributed by atoms with Crippen molar-refractivity contribution in [3.8, 4) is 11.5 Å². The van der Waals surface area contributed by atoms with Crippen molar-refractivity contribution in [3.63, 3.8) is 0 Å². The quantitative estimate of drug-likeness (QED) is 0.493. The van der Waals surface area contributed by atoms with E-state index in [1.165, 1.54) is 5.56 Å². The highest BCUT2D eigenvalue weighted by Crippen LogP contribution is 2.27. The first-order valence-corrected chi connectivity index (χ1v) is 10.1. The zero-order chi connectivity index (χ0) is 20.4. The topological polar surface area (TPSA) is 67.4 Å². The average Bonchev–Trinajstić information content (AvgIpc) is 2.72. The number of benzene rings is 1. The summed E-state index contributed by atoms with van der Waals surface area (Å²) < 4.78 is 16.2. The molecule has 1 aromatic rings. The minimum atomic E-state index is 0.466. The monoisotopic (exact) mass is 392 g/mol. The fraction of sp³-hybridized carbons (Fsp3) is 0.667. The molecule has 0 amide bonds. The van der Waals surface area contributed by atoms with Gasteiger partial charge in [-0.15, -0.1) is 0 Å². The molecule has 1 unspecified atom stereocenters. The number of guanidine groups is 1. The highest BCUT2D eigenvalue weighted by Gasteiger charge is 2.23. The Kier molecular flexibility index (Phi) is 9.37. The van der Waals surface area contributed by atoms with E-state index in [1.54, 1.807) is 14.2 Å². The van der Waals surface area contributed by atoms with E-state index in [4.69, 9.17) is 14.2 Å². The van der Waals surface area contributed by atoms with E-state index in [1.807, 2.05) is 19.2 Å². The molecule has 0 radical (unpaired) electrons. The van der Waals surface area contributed by atoms with Gasteiger partial charge in [0.25, 0.3) is 0 Å². The van der Waals surface area contributed by atoms with Crippen LogP contribution in [0.1, 0.15) is 19.4 Å². The van der Waals surface area contributed by atoms with Crippen LogP contribution in [0, 0.1) is 5.92 Å². The van der Waals surface area contributed by atoms with E-state index in [0.29, 0.717) is 12.0 Å². The Bertz CT molecular complexity index is 616. The Morgan fingerprint density at radius 1 is 1.14 bits per heavy atom. The lowest BCUT2D eigenvalue weighted by molar-refractivity contribution is 0.00752. The van der Waals surface area contributed by atoms with Crippen LogP contribution >= 0.6 is 0 Å². The van der Waals surface area contributed by atoms with Gasteiger partial charge in [0.1, 0.15) is 0 Å². The molecule has 28 heavy (non-hydrogen) atoms. The Morgan fingerprint density at radius 3 is 2.46 bits per heavy atom. The largest absolute Gasteiger partial charge is 0.493 e. The zero-order valence-electron chi connectivity index (χ0n) is 18.0. The summed E-state index contributed by atoms with van der Waals surface area (Å²) >= 11 is 0. The number of aliphatic imine (C=N–C) groups is 1. The fourth-order valence-corrected chi connectivity index (χ4v) is 3.48. The van der Waals surface area contributed by atoms with Gasteiger partial charge in [0.15, 0.2) is 17.5 Å². The second-order valence-electron chi connectivity index (χ2n) is 7.28. The molecular weight excluding hydrogens is 356 g/mol. The van der Waals surface area contributed by atoms with Crippen LogP contribution in [0.2, 0.25) is 0 Å². The number of hydrogen-bond donors (Lipinski definition) is 2. The summed E-state index contributed by atoms with van der Waals surface area (Å²) in [5.41, 5.74) is 1.19. The summed E-state index contributed by atoms with van der Waals surface area (Å²) in [6.45, 7) is 9.84. The summed E-state index contributed by atoms with van der Waals surface area (Å²) in [7, 11) is 5.12. The van der Waals surface area contributed by atoms with Crippen molar-refractivity contribution >= 4 is 5.96 Å². The van der Waals surface area contributed by atoms with E-state index in [9.17, 15) is 0 Å². The van der Waals surface area contributed by atoms with E-state index in [0.717, 1.165) is 63.3 Å². The lowest BCUT2D eigenvalue weighted by Gasteiger charge is -2.37. The molecular formula is C21H36N4O3. The summed E-state index contributed by atoms with van der Waals surface area (Å²) in [5.74, 6) is 2.90. The second-order valence-corrected chi connectivity index (χ2v) is 7.28. The number of methoxy groups -OCH3 is 2. The normalized spacial score (nSPS) is 16.7. The first-order valence-electron chi connectivity index (χ1n) is 10.1. The molecule has 1 atom stereocenters. The van der Waals surface area contributed by atoms with Gasteiger partial charge in [-0.3, -0.25) is 9.89 Å². The van der Waals surface area contributed by atoms with Gasteiger partial charge < -0.3 is 24.8 Å². The molecule has 7 nitrogen and oxygen atoms in total. The molecule has 1 heterocycles. The number of hydrogen-bond acceptors (Lipinski definition) is 5. The zero-order valence-corrected chi connectivity index (χ0v) is 18.0. The molecule has 1 fully saturated rings. The molecule has 0 saturated carbocycles. The van der Waals surface area contributed by atoms with Crippen LogP contribution < -0.4 is 20.1 Å². The van der Waals surface area contributed by atoms with Gasteiger partial charge >= 0.3 is 0 Å². The van der Waals surface area contributed by atoms with Crippen LogP contribution in [-0.4, -0.2) is 77.6 Å². The molecule has 1 aliphatic heterocycles. The van der Waals surface area contributed by atoms with Gasteiger partial charge in [0, 0.05) is 39.3 Å². The highest BCUT2D eigenvalue weighted by atomic mass is 16.5. The van der Waals surface area contributed by atoms with Crippen molar-refractivity contribution in [2.24, 2.45) is 10.9 Å². The van der Waals surface area contributed by atoms with Gasteiger partial charge in [-0.25, -0.2) is 0 Å². The number of ether oxygens (including phenoxy) is 3. The first-order chi connectivity index (χ1) is 13.6. The standard InChI is InChI=1S/C21H36N4O3/c1-16(2)18(25-10-12-28-13-11-25)15-24-21(22-3)23-9-8-17-6-7-19(26-4)20(14-17)27-5/h6-7,14,16,18H,8-13,15H2,1-5H3,(H2,22,23,24). The van der Waals surface area contributed by atoms with Crippen molar-refractivity contribution in [2.45, 2.75) is 26.3 Å². The maximum Gasteiger partial charge on any atom is 0.191 e. The molecule has 1 saturated heterocycles. The second kappa shape index (κ2) is 11.8. The van der Waals surface area contributed by atoms with Crippen molar-refractivity contribution in [2.75, 3.05) is 60.7 Å². The molecule has 1 aromatic carbocycles. The predicted molar refractivity (Wildman–Crippen MR) is 114 cm³/mol. The van der Waals surface area contributed by atoms with Crippen LogP contribution in [0.25, 0.3) is 0 Å². The van der Waals surface area contributed by atoms with Crippen molar-refractivity contribution in [3.05, 3.63) is 23.8 Å². The summed E-state index contributed by atoms with van der Waals surface area (Å²) in [6.07, 6.45) is 0.873. The Morgan fingerprint density at radius 2 is 1.86 bits per heavy atom. The van der Waals surface area contributed by atoms with Crippen LogP contribution in [-0.2, 0) is 11.2 Å². The van der Waals surface area contributed by atoms with Crippen LogP contribution in [0.5, 0.6) is 11.5 Å². The molecule has 7 heteroatoms. The van der Waals surface area contributed by atoms with Crippen molar-refractivity contribution < 1.29 is 14.2 Å². The molecule has 2 rings (SSSR count). The van der Waals surface area contributed by atoms with Crippen LogP contribution in [0.3, 0.4) is 0 Å². The summed E-state index contributed by atoms with van der Waals surface area (Å²) in [6, 6.07) is 6.49.